The zero-order valence-electron chi connectivity index (χ0n) is 14.3. The summed E-state index contributed by atoms with van der Waals surface area (Å²) in [6, 6.07) is 13.0. The molecular weight excluding hydrogens is 361 g/mol. The van der Waals surface area contributed by atoms with Gasteiger partial charge in [0.25, 0.3) is 5.69 Å². The number of nitrogens with one attached hydrogen (secondary N) is 2. The minimum absolute atomic E-state index is 0. The van der Waals surface area contributed by atoms with Crippen LogP contribution >= 0.6 is 24.0 Å². The van der Waals surface area contributed by atoms with Crippen molar-refractivity contribution in [3.63, 3.8) is 0 Å². The average Bonchev–Trinajstić information content (AvgIpc) is 2.56. The van der Waals surface area contributed by atoms with E-state index in [0.717, 1.165) is 13.1 Å². The van der Waals surface area contributed by atoms with Gasteiger partial charge in [-0.15, -0.1) is 12.4 Å². The van der Waals surface area contributed by atoms with Gasteiger partial charge in [-0.25, -0.2) is 0 Å². The van der Waals surface area contributed by atoms with Crippen molar-refractivity contribution in [3.05, 3.63) is 68.7 Å². The minimum Gasteiger partial charge on any atom is -0.383 e. The second kappa shape index (κ2) is 10.2. The predicted molar refractivity (Wildman–Crippen MR) is 106 cm³/mol. The molecule has 2 N–H and O–H groups in total. The molecule has 0 radical (unpaired) electrons. The first-order chi connectivity index (χ1) is 11.5. The number of hydrogen-bond acceptors (Lipinski definition) is 4. The molecule has 5 nitrogen and oxygen atoms in total. The lowest BCUT2D eigenvalue weighted by Crippen LogP contribution is -2.21. The summed E-state index contributed by atoms with van der Waals surface area (Å²) in [5.74, 6) is 0.544. The van der Waals surface area contributed by atoms with E-state index < -0.39 is 4.92 Å². The monoisotopic (exact) mass is 383 g/mol. The van der Waals surface area contributed by atoms with Crippen molar-refractivity contribution >= 4 is 35.4 Å². The summed E-state index contributed by atoms with van der Waals surface area (Å²) in [7, 11) is 0. The maximum absolute atomic E-state index is 10.7. The normalized spacial score (nSPS) is 10.4. The molecule has 0 aliphatic rings. The smallest absolute Gasteiger partial charge is 0.271 e. The molecule has 7 heteroatoms. The van der Waals surface area contributed by atoms with Crippen molar-refractivity contribution in [2.24, 2.45) is 0 Å². The Hall–Kier alpha value is -1.82. The Kier molecular flexibility index (Phi) is 8.69. The number of halogens is 2. The summed E-state index contributed by atoms with van der Waals surface area (Å²) in [6.45, 7) is 6.61. The number of anilines is 1. The number of hydrogen-bond donors (Lipinski definition) is 2. The second-order valence-electron chi connectivity index (χ2n) is 5.92. The summed E-state index contributed by atoms with van der Waals surface area (Å²) < 4.78 is 0. The van der Waals surface area contributed by atoms with Crippen LogP contribution < -0.4 is 10.6 Å². The first-order valence-corrected chi connectivity index (χ1v) is 8.32. The van der Waals surface area contributed by atoms with Crippen LogP contribution in [-0.4, -0.2) is 18.0 Å². The Labute approximate surface area is 159 Å². The first kappa shape index (κ1) is 21.2. The van der Waals surface area contributed by atoms with E-state index in [-0.39, 0.29) is 18.1 Å². The predicted octanol–water partition coefficient (Wildman–Crippen LogP) is 5.00. The zero-order valence-corrected chi connectivity index (χ0v) is 15.9. The number of nitro groups is 1. The van der Waals surface area contributed by atoms with Crippen LogP contribution in [0.4, 0.5) is 11.4 Å². The molecule has 0 aromatic heterocycles. The van der Waals surface area contributed by atoms with Crippen molar-refractivity contribution in [2.75, 3.05) is 18.4 Å². The SMILES string of the molecule is CC(C)c1ccc(CNCCNc2ccc([N+](=O)[O-])cc2Cl)cc1.Cl. The fourth-order valence-electron chi connectivity index (χ4n) is 2.30. The van der Waals surface area contributed by atoms with Crippen LogP contribution in [0.25, 0.3) is 0 Å². The molecule has 136 valence electrons. The number of rotatable bonds is 8. The zero-order chi connectivity index (χ0) is 17.5. The molecule has 0 heterocycles. The topological polar surface area (TPSA) is 67.2 Å². The number of non-ortho nitro benzene ring substituents is 1. The first-order valence-electron chi connectivity index (χ1n) is 7.94. The Morgan fingerprint density at radius 1 is 1.12 bits per heavy atom. The van der Waals surface area contributed by atoms with Crippen molar-refractivity contribution in [3.8, 4) is 0 Å². The van der Waals surface area contributed by atoms with Gasteiger partial charge in [0.1, 0.15) is 0 Å². The van der Waals surface area contributed by atoms with Gasteiger partial charge >= 0.3 is 0 Å². The highest BCUT2D eigenvalue weighted by atomic mass is 35.5. The van der Waals surface area contributed by atoms with E-state index in [2.05, 4.69) is 48.7 Å². The van der Waals surface area contributed by atoms with E-state index >= 15 is 0 Å². The highest BCUT2D eigenvalue weighted by molar-refractivity contribution is 6.33. The molecule has 0 amide bonds. The van der Waals surface area contributed by atoms with E-state index in [9.17, 15) is 10.1 Å². The molecule has 2 aromatic carbocycles. The molecule has 2 rings (SSSR count). The molecule has 0 fully saturated rings. The van der Waals surface area contributed by atoms with E-state index in [4.69, 9.17) is 11.6 Å². The summed E-state index contributed by atoms with van der Waals surface area (Å²) in [5.41, 5.74) is 3.28. The number of nitro benzene ring substituents is 1. The Morgan fingerprint density at radius 2 is 1.80 bits per heavy atom. The van der Waals surface area contributed by atoms with E-state index in [1.54, 1.807) is 6.07 Å². The van der Waals surface area contributed by atoms with Crippen LogP contribution in [0.15, 0.2) is 42.5 Å². The quantitative estimate of drug-likeness (QED) is 0.382. The highest BCUT2D eigenvalue weighted by Crippen LogP contribution is 2.26. The van der Waals surface area contributed by atoms with Gasteiger partial charge in [-0.3, -0.25) is 10.1 Å². The summed E-state index contributed by atoms with van der Waals surface area (Å²) in [4.78, 5) is 10.2. The molecule has 0 aliphatic heterocycles. The Balaban J connectivity index is 0.00000312. The minimum atomic E-state index is -0.457. The second-order valence-corrected chi connectivity index (χ2v) is 6.33. The van der Waals surface area contributed by atoms with Crippen LogP contribution in [0.2, 0.25) is 5.02 Å². The van der Waals surface area contributed by atoms with Crippen molar-refractivity contribution < 1.29 is 4.92 Å². The highest BCUT2D eigenvalue weighted by Gasteiger charge is 2.08. The Bertz CT molecular complexity index is 691. The molecule has 0 saturated carbocycles. The largest absolute Gasteiger partial charge is 0.383 e. The Morgan fingerprint density at radius 3 is 2.36 bits per heavy atom. The van der Waals surface area contributed by atoms with Crippen LogP contribution in [0.3, 0.4) is 0 Å². The third-order valence-electron chi connectivity index (χ3n) is 3.76. The van der Waals surface area contributed by atoms with Crippen LogP contribution in [-0.2, 0) is 6.54 Å². The van der Waals surface area contributed by atoms with Gasteiger partial charge in [-0.05, 0) is 23.1 Å². The standard InChI is InChI=1S/C18H22ClN3O2.ClH/c1-13(2)15-5-3-14(4-6-15)12-20-9-10-21-18-8-7-16(22(23)24)11-17(18)19;/h3-8,11,13,20-21H,9-10,12H2,1-2H3;1H. The third kappa shape index (κ3) is 6.53. The molecule has 0 saturated heterocycles. The van der Waals surface area contributed by atoms with Crippen molar-refractivity contribution in [2.45, 2.75) is 26.3 Å². The van der Waals surface area contributed by atoms with Gasteiger partial charge in [0.15, 0.2) is 0 Å². The molecule has 0 spiro atoms. The van der Waals surface area contributed by atoms with Gasteiger partial charge < -0.3 is 10.6 Å². The van der Waals surface area contributed by atoms with Crippen molar-refractivity contribution in [1.82, 2.24) is 5.32 Å². The average molecular weight is 384 g/mol. The molecular formula is C18H23Cl2N3O2. The van der Waals surface area contributed by atoms with Gasteiger partial charge in [-0.1, -0.05) is 49.7 Å². The lowest BCUT2D eigenvalue weighted by molar-refractivity contribution is -0.384. The maximum atomic E-state index is 10.7. The summed E-state index contributed by atoms with van der Waals surface area (Å²) >= 11 is 6.04. The van der Waals surface area contributed by atoms with Gasteiger partial charge in [0, 0.05) is 31.8 Å². The van der Waals surface area contributed by atoms with Gasteiger partial charge in [0.05, 0.1) is 15.6 Å². The fourth-order valence-corrected chi connectivity index (χ4v) is 2.54. The van der Waals surface area contributed by atoms with Crippen LogP contribution in [0.1, 0.15) is 30.9 Å². The molecule has 2 aromatic rings. The molecule has 0 atom stereocenters. The number of benzene rings is 2. The molecule has 25 heavy (non-hydrogen) atoms. The van der Waals surface area contributed by atoms with Gasteiger partial charge in [0.2, 0.25) is 0 Å². The maximum Gasteiger partial charge on any atom is 0.271 e. The third-order valence-corrected chi connectivity index (χ3v) is 4.07. The van der Waals surface area contributed by atoms with E-state index in [1.807, 2.05) is 0 Å². The summed E-state index contributed by atoms with van der Waals surface area (Å²) in [5, 5.41) is 17.6. The molecule has 0 aliphatic carbocycles. The molecule has 0 unspecified atom stereocenters. The summed E-state index contributed by atoms with van der Waals surface area (Å²) in [6.07, 6.45) is 0. The fraction of sp³-hybridized carbons (Fsp3) is 0.333. The lowest BCUT2D eigenvalue weighted by Gasteiger charge is -2.10. The molecule has 0 bridgehead atoms. The van der Waals surface area contributed by atoms with Crippen molar-refractivity contribution in [1.29, 1.82) is 0 Å². The van der Waals surface area contributed by atoms with E-state index in [0.29, 0.717) is 23.2 Å². The lowest BCUT2D eigenvalue weighted by atomic mass is 10.0. The van der Waals surface area contributed by atoms with Crippen LogP contribution in [0.5, 0.6) is 0 Å². The number of nitrogens with zero attached hydrogens (tertiary/aromatic N) is 1. The van der Waals surface area contributed by atoms with Gasteiger partial charge in [-0.2, -0.15) is 0 Å². The van der Waals surface area contributed by atoms with E-state index in [1.165, 1.54) is 23.3 Å². The van der Waals surface area contributed by atoms with Crippen LogP contribution in [0, 0.1) is 10.1 Å².